The van der Waals surface area contributed by atoms with E-state index in [-0.39, 0.29) is 17.4 Å². The molecular formula is C23H28N4O3. The molecule has 3 heterocycles. The van der Waals surface area contributed by atoms with Gasteiger partial charge in [-0.15, -0.1) is 0 Å². The van der Waals surface area contributed by atoms with Crippen molar-refractivity contribution in [2.75, 3.05) is 13.1 Å². The third kappa shape index (κ3) is 3.72. The Morgan fingerprint density at radius 1 is 1.23 bits per heavy atom. The molecule has 1 amide bonds. The van der Waals surface area contributed by atoms with Gasteiger partial charge >= 0.3 is 0 Å². The van der Waals surface area contributed by atoms with Crippen molar-refractivity contribution in [3.05, 3.63) is 58.4 Å². The molecule has 158 valence electrons. The Morgan fingerprint density at radius 2 is 1.97 bits per heavy atom. The van der Waals surface area contributed by atoms with E-state index in [4.69, 9.17) is 4.74 Å². The number of piperidine rings is 1. The predicted octanol–water partition coefficient (Wildman–Crippen LogP) is 3.67. The van der Waals surface area contributed by atoms with Crippen LogP contribution in [-0.2, 0) is 11.8 Å². The van der Waals surface area contributed by atoms with E-state index in [1.807, 2.05) is 41.5 Å². The third-order valence-corrected chi connectivity index (χ3v) is 5.88. The van der Waals surface area contributed by atoms with Crippen molar-refractivity contribution in [3.63, 3.8) is 0 Å². The van der Waals surface area contributed by atoms with Crippen LogP contribution in [-0.4, -0.2) is 37.8 Å². The van der Waals surface area contributed by atoms with E-state index < -0.39 is 0 Å². The van der Waals surface area contributed by atoms with Crippen molar-refractivity contribution >= 4 is 11.4 Å². The zero-order valence-electron chi connectivity index (χ0n) is 18.0. The van der Waals surface area contributed by atoms with E-state index in [0.717, 1.165) is 31.8 Å². The molecule has 0 aliphatic carbocycles. The second-order valence-electron chi connectivity index (χ2n) is 8.33. The van der Waals surface area contributed by atoms with Crippen molar-refractivity contribution < 1.29 is 9.53 Å². The van der Waals surface area contributed by atoms with Crippen molar-refractivity contribution in [1.82, 2.24) is 18.9 Å². The molecule has 30 heavy (non-hydrogen) atoms. The van der Waals surface area contributed by atoms with Crippen LogP contribution in [0.25, 0.3) is 5.52 Å². The molecule has 1 aliphatic rings. The van der Waals surface area contributed by atoms with Crippen LogP contribution in [0.15, 0.2) is 41.5 Å². The van der Waals surface area contributed by atoms with Gasteiger partial charge in [-0.3, -0.25) is 18.6 Å². The van der Waals surface area contributed by atoms with Crippen LogP contribution in [0.3, 0.4) is 0 Å². The van der Waals surface area contributed by atoms with E-state index in [9.17, 15) is 9.59 Å². The summed E-state index contributed by atoms with van der Waals surface area (Å²) in [5, 5.41) is 0. The van der Waals surface area contributed by atoms with E-state index in [0.29, 0.717) is 23.1 Å². The largest absolute Gasteiger partial charge is 0.439 e. The van der Waals surface area contributed by atoms with Crippen molar-refractivity contribution in [2.45, 2.75) is 45.4 Å². The van der Waals surface area contributed by atoms with Crippen LogP contribution in [0.1, 0.15) is 56.8 Å². The minimum atomic E-state index is -0.143. The standard InChI is InChI=1S/C23H28N4O3/c1-15(2)22-24-12-20-23(29)25(4)21(14-27(20)22)30-19-9-7-17(8-10-19)18-6-5-11-26(13-18)16(3)28/h7-10,12,14-15,18H,5-6,11,13H2,1-4H3/t18-/m1/s1. The van der Waals surface area contributed by atoms with E-state index in [1.54, 1.807) is 20.2 Å². The maximum atomic E-state index is 12.7. The van der Waals surface area contributed by atoms with Gasteiger partial charge in [0.05, 0.1) is 12.4 Å². The third-order valence-electron chi connectivity index (χ3n) is 5.88. The maximum absolute atomic E-state index is 12.7. The fourth-order valence-electron chi connectivity index (χ4n) is 4.12. The summed E-state index contributed by atoms with van der Waals surface area (Å²) in [4.78, 5) is 30.7. The van der Waals surface area contributed by atoms with Crippen LogP contribution < -0.4 is 10.3 Å². The van der Waals surface area contributed by atoms with Gasteiger partial charge in [0.1, 0.15) is 17.1 Å². The molecule has 0 unspecified atom stereocenters. The first kappa shape index (κ1) is 20.2. The number of hydrogen-bond donors (Lipinski definition) is 0. The van der Waals surface area contributed by atoms with Gasteiger partial charge in [0, 0.05) is 38.9 Å². The average molecular weight is 409 g/mol. The van der Waals surface area contributed by atoms with Crippen LogP contribution in [0.2, 0.25) is 0 Å². The molecule has 0 saturated carbocycles. The Bertz CT molecular complexity index is 1130. The smallest absolute Gasteiger partial charge is 0.279 e. The summed E-state index contributed by atoms with van der Waals surface area (Å²) in [7, 11) is 1.70. The molecule has 0 radical (unpaired) electrons. The predicted molar refractivity (Wildman–Crippen MR) is 115 cm³/mol. The minimum Gasteiger partial charge on any atom is -0.439 e. The summed E-state index contributed by atoms with van der Waals surface area (Å²) in [5.41, 5.74) is 1.60. The van der Waals surface area contributed by atoms with Gasteiger partial charge in [-0.25, -0.2) is 4.98 Å². The van der Waals surface area contributed by atoms with Crippen LogP contribution in [0.4, 0.5) is 0 Å². The van der Waals surface area contributed by atoms with Crippen molar-refractivity contribution in [2.24, 2.45) is 7.05 Å². The Balaban J connectivity index is 1.58. The van der Waals surface area contributed by atoms with Crippen LogP contribution >= 0.6 is 0 Å². The van der Waals surface area contributed by atoms with Gasteiger partial charge in [0.15, 0.2) is 0 Å². The van der Waals surface area contributed by atoms with E-state index >= 15 is 0 Å². The molecule has 7 nitrogen and oxygen atoms in total. The lowest BCUT2D eigenvalue weighted by atomic mass is 9.90. The summed E-state index contributed by atoms with van der Waals surface area (Å²) >= 11 is 0. The molecule has 7 heteroatoms. The van der Waals surface area contributed by atoms with Gasteiger partial charge < -0.3 is 9.64 Å². The lowest BCUT2D eigenvalue weighted by Crippen LogP contribution is -2.37. The molecule has 0 N–H and O–H groups in total. The number of carbonyl (C=O) groups excluding carboxylic acids is 1. The van der Waals surface area contributed by atoms with Crippen LogP contribution in [0, 0.1) is 0 Å². The Morgan fingerprint density at radius 3 is 2.63 bits per heavy atom. The number of amides is 1. The first-order valence-electron chi connectivity index (χ1n) is 10.5. The second kappa shape index (κ2) is 7.97. The number of likely N-dealkylation sites (tertiary alicyclic amines) is 1. The van der Waals surface area contributed by atoms with Gasteiger partial charge in [-0.05, 0) is 30.5 Å². The summed E-state index contributed by atoms with van der Waals surface area (Å²) in [6.07, 6.45) is 5.53. The molecule has 3 aromatic rings. The van der Waals surface area contributed by atoms with Gasteiger partial charge in [0.25, 0.3) is 5.56 Å². The normalized spacial score (nSPS) is 17.0. The van der Waals surface area contributed by atoms with Gasteiger partial charge in [-0.2, -0.15) is 0 Å². The van der Waals surface area contributed by atoms with Crippen LogP contribution in [0.5, 0.6) is 11.6 Å². The molecule has 2 aromatic heterocycles. The summed E-state index contributed by atoms with van der Waals surface area (Å²) in [6, 6.07) is 7.95. The number of hydrogen-bond acceptors (Lipinski definition) is 4. The molecule has 1 aromatic carbocycles. The number of benzene rings is 1. The van der Waals surface area contributed by atoms with Crippen molar-refractivity contribution in [1.29, 1.82) is 0 Å². The molecular weight excluding hydrogens is 380 g/mol. The summed E-state index contributed by atoms with van der Waals surface area (Å²) < 4.78 is 9.37. The van der Waals surface area contributed by atoms with Crippen molar-refractivity contribution in [3.8, 4) is 11.6 Å². The van der Waals surface area contributed by atoms with Gasteiger partial charge in [-0.1, -0.05) is 26.0 Å². The maximum Gasteiger partial charge on any atom is 0.279 e. The summed E-state index contributed by atoms with van der Waals surface area (Å²) in [5.74, 6) is 2.62. The number of imidazole rings is 1. The number of ether oxygens (including phenoxy) is 1. The minimum absolute atomic E-state index is 0.135. The van der Waals surface area contributed by atoms with E-state index in [2.05, 4.69) is 17.1 Å². The SMILES string of the molecule is CC(=O)N1CCC[C@@H](c2ccc(Oc3cn4c(C(C)C)ncc4c(=O)n3C)cc2)C1. The Labute approximate surface area is 175 Å². The Hall–Kier alpha value is -3.09. The first-order valence-corrected chi connectivity index (χ1v) is 10.5. The molecule has 1 saturated heterocycles. The number of aromatic nitrogens is 3. The Kier molecular flexibility index (Phi) is 5.37. The number of rotatable bonds is 4. The molecule has 1 fully saturated rings. The zero-order chi connectivity index (χ0) is 21.4. The zero-order valence-corrected chi connectivity index (χ0v) is 18.0. The molecule has 0 spiro atoms. The van der Waals surface area contributed by atoms with E-state index in [1.165, 1.54) is 10.1 Å². The molecule has 4 rings (SSSR count). The highest BCUT2D eigenvalue weighted by Gasteiger charge is 2.23. The first-order chi connectivity index (χ1) is 14.3. The highest BCUT2D eigenvalue weighted by Crippen LogP contribution is 2.29. The fourth-order valence-corrected chi connectivity index (χ4v) is 4.12. The number of carbonyl (C=O) groups is 1. The fraction of sp³-hybridized carbons (Fsp3) is 0.435. The highest BCUT2D eigenvalue weighted by molar-refractivity contribution is 5.73. The van der Waals surface area contributed by atoms with Gasteiger partial charge in [0.2, 0.25) is 11.8 Å². The molecule has 1 aliphatic heterocycles. The summed E-state index contributed by atoms with van der Waals surface area (Å²) in [6.45, 7) is 7.33. The average Bonchev–Trinajstić information content (AvgIpc) is 3.16. The lowest BCUT2D eigenvalue weighted by molar-refractivity contribution is -0.130. The number of nitrogens with zero attached hydrogens (tertiary/aromatic N) is 4. The lowest BCUT2D eigenvalue weighted by Gasteiger charge is -2.32. The monoisotopic (exact) mass is 408 g/mol. The molecule has 0 bridgehead atoms. The quantitative estimate of drug-likeness (QED) is 0.660. The second-order valence-corrected chi connectivity index (χ2v) is 8.33. The molecule has 1 atom stereocenters. The topological polar surface area (TPSA) is 68.8 Å². The highest BCUT2D eigenvalue weighted by atomic mass is 16.5. The number of fused-ring (bicyclic) bond motifs is 1.